The quantitative estimate of drug-likeness (QED) is 0.713. The van der Waals surface area contributed by atoms with Crippen molar-refractivity contribution in [3.05, 3.63) is 17.0 Å². The molecular formula is C9H17N3O. The summed E-state index contributed by atoms with van der Waals surface area (Å²) < 4.78 is 1.78. The van der Waals surface area contributed by atoms with E-state index in [2.05, 4.69) is 5.10 Å². The molecule has 1 rings (SSSR count). The van der Waals surface area contributed by atoms with Gasteiger partial charge in [0.25, 0.3) is 0 Å². The first kappa shape index (κ1) is 10.2. The molecule has 0 aromatic carbocycles. The average molecular weight is 183 g/mol. The molecule has 0 saturated carbocycles. The Morgan fingerprint density at radius 3 is 2.54 bits per heavy atom. The van der Waals surface area contributed by atoms with E-state index < -0.39 is 6.10 Å². The highest BCUT2D eigenvalue weighted by Crippen LogP contribution is 2.22. The maximum absolute atomic E-state index is 9.76. The zero-order valence-corrected chi connectivity index (χ0v) is 8.41. The largest absolute Gasteiger partial charge is 0.388 e. The lowest BCUT2D eigenvalue weighted by atomic mass is 10.1. The van der Waals surface area contributed by atoms with E-state index in [1.165, 1.54) is 0 Å². The summed E-state index contributed by atoms with van der Waals surface area (Å²) in [7, 11) is 1.88. The predicted octanol–water partition coefficient (Wildman–Crippen LogP) is 0.419. The van der Waals surface area contributed by atoms with Gasteiger partial charge in [-0.15, -0.1) is 0 Å². The van der Waals surface area contributed by atoms with Crippen LogP contribution in [0.4, 0.5) is 0 Å². The number of aromatic nitrogens is 2. The third-order valence-corrected chi connectivity index (χ3v) is 2.34. The molecule has 0 spiro atoms. The van der Waals surface area contributed by atoms with Gasteiger partial charge in [-0.05, 0) is 26.8 Å². The lowest BCUT2D eigenvalue weighted by molar-refractivity contribution is 0.169. The van der Waals surface area contributed by atoms with Gasteiger partial charge in [0.1, 0.15) is 0 Å². The number of nitrogens with zero attached hydrogens (tertiary/aromatic N) is 2. The lowest BCUT2D eigenvalue weighted by Gasteiger charge is -2.09. The van der Waals surface area contributed by atoms with Crippen LogP contribution in [0.1, 0.15) is 29.5 Å². The normalized spacial score (nSPS) is 13.3. The fraction of sp³-hybridized carbons (Fsp3) is 0.667. The second-order valence-corrected chi connectivity index (χ2v) is 3.30. The molecule has 1 atom stereocenters. The Balaban J connectivity index is 2.98. The molecule has 0 radical (unpaired) electrons. The van der Waals surface area contributed by atoms with Crippen molar-refractivity contribution in [3.63, 3.8) is 0 Å². The molecule has 74 valence electrons. The first-order valence-corrected chi connectivity index (χ1v) is 4.46. The molecule has 0 unspecified atom stereocenters. The standard InChI is InChI=1S/C9H17N3O/c1-6-9(8(13)4-5-10)7(2)12(3)11-6/h8,13H,4-5,10H2,1-3H3/t8-/m1/s1. The van der Waals surface area contributed by atoms with Gasteiger partial charge in [-0.1, -0.05) is 0 Å². The molecule has 0 bridgehead atoms. The van der Waals surface area contributed by atoms with Gasteiger partial charge < -0.3 is 10.8 Å². The average Bonchev–Trinajstić information content (AvgIpc) is 2.27. The zero-order valence-electron chi connectivity index (χ0n) is 8.41. The van der Waals surface area contributed by atoms with Crippen molar-refractivity contribution >= 4 is 0 Å². The SMILES string of the molecule is Cc1nn(C)c(C)c1[C@H](O)CCN. The molecule has 1 aromatic rings. The molecule has 3 N–H and O–H groups in total. The smallest absolute Gasteiger partial charge is 0.0837 e. The van der Waals surface area contributed by atoms with E-state index in [9.17, 15) is 5.11 Å². The van der Waals surface area contributed by atoms with E-state index in [4.69, 9.17) is 5.73 Å². The molecule has 0 amide bonds. The maximum Gasteiger partial charge on any atom is 0.0837 e. The van der Waals surface area contributed by atoms with Crippen LogP contribution in [-0.2, 0) is 7.05 Å². The van der Waals surface area contributed by atoms with Crippen LogP contribution in [0.25, 0.3) is 0 Å². The Hall–Kier alpha value is -0.870. The summed E-state index contributed by atoms with van der Waals surface area (Å²) in [5.41, 5.74) is 8.21. The second-order valence-electron chi connectivity index (χ2n) is 3.30. The highest BCUT2D eigenvalue weighted by atomic mass is 16.3. The van der Waals surface area contributed by atoms with Crippen LogP contribution in [-0.4, -0.2) is 21.4 Å². The van der Waals surface area contributed by atoms with Crippen molar-refractivity contribution in [1.82, 2.24) is 9.78 Å². The molecule has 0 saturated heterocycles. The van der Waals surface area contributed by atoms with Crippen LogP contribution in [0.5, 0.6) is 0 Å². The number of aryl methyl sites for hydroxylation is 2. The van der Waals surface area contributed by atoms with Gasteiger partial charge in [-0.2, -0.15) is 5.10 Å². The van der Waals surface area contributed by atoms with Gasteiger partial charge in [-0.25, -0.2) is 0 Å². The van der Waals surface area contributed by atoms with Crippen LogP contribution in [0.15, 0.2) is 0 Å². The minimum atomic E-state index is -0.473. The fourth-order valence-corrected chi connectivity index (χ4v) is 1.57. The Bertz CT molecular complexity index is 293. The number of aliphatic hydroxyl groups is 1. The Morgan fingerprint density at radius 2 is 2.15 bits per heavy atom. The van der Waals surface area contributed by atoms with Gasteiger partial charge in [0.2, 0.25) is 0 Å². The second kappa shape index (κ2) is 3.89. The Morgan fingerprint density at radius 1 is 1.54 bits per heavy atom. The Kier molecular flexibility index (Phi) is 3.06. The van der Waals surface area contributed by atoms with Crippen molar-refractivity contribution in [1.29, 1.82) is 0 Å². The van der Waals surface area contributed by atoms with Crippen molar-refractivity contribution in [2.75, 3.05) is 6.54 Å². The van der Waals surface area contributed by atoms with Gasteiger partial charge >= 0.3 is 0 Å². The number of aliphatic hydroxyl groups excluding tert-OH is 1. The topological polar surface area (TPSA) is 64.1 Å². The number of nitrogens with two attached hydrogens (primary N) is 1. The van der Waals surface area contributed by atoms with Crippen molar-refractivity contribution in [2.45, 2.75) is 26.4 Å². The molecule has 1 heterocycles. The summed E-state index contributed by atoms with van der Waals surface area (Å²) in [4.78, 5) is 0. The lowest BCUT2D eigenvalue weighted by Crippen LogP contribution is -2.08. The van der Waals surface area contributed by atoms with Crippen LogP contribution in [0.3, 0.4) is 0 Å². The number of rotatable bonds is 3. The molecule has 0 fully saturated rings. The van der Waals surface area contributed by atoms with Crippen LogP contribution in [0, 0.1) is 13.8 Å². The van der Waals surface area contributed by atoms with Crippen LogP contribution in [0.2, 0.25) is 0 Å². The molecule has 4 heteroatoms. The van der Waals surface area contributed by atoms with Crippen molar-refractivity contribution in [2.24, 2.45) is 12.8 Å². The third-order valence-electron chi connectivity index (χ3n) is 2.34. The summed E-state index contributed by atoms with van der Waals surface area (Å²) in [5, 5.41) is 14.0. The summed E-state index contributed by atoms with van der Waals surface area (Å²) in [6.45, 7) is 4.35. The summed E-state index contributed by atoms with van der Waals surface area (Å²) >= 11 is 0. The molecule has 0 aliphatic rings. The van der Waals surface area contributed by atoms with Crippen molar-refractivity contribution in [3.8, 4) is 0 Å². The van der Waals surface area contributed by atoms with E-state index in [1.807, 2.05) is 20.9 Å². The minimum absolute atomic E-state index is 0.473. The molecule has 0 aliphatic heterocycles. The molecule has 4 nitrogen and oxygen atoms in total. The van der Waals surface area contributed by atoms with E-state index in [0.717, 1.165) is 17.0 Å². The Labute approximate surface area is 78.4 Å². The van der Waals surface area contributed by atoms with Gasteiger partial charge in [-0.3, -0.25) is 4.68 Å². The van der Waals surface area contributed by atoms with Crippen LogP contribution < -0.4 is 5.73 Å². The predicted molar refractivity (Wildman–Crippen MR) is 51.3 cm³/mol. The molecule has 13 heavy (non-hydrogen) atoms. The maximum atomic E-state index is 9.76. The number of hydrogen-bond donors (Lipinski definition) is 2. The fourth-order valence-electron chi connectivity index (χ4n) is 1.57. The highest BCUT2D eigenvalue weighted by molar-refractivity contribution is 5.26. The summed E-state index contributed by atoms with van der Waals surface area (Å²) in [6, 6.07) is 0. The van der Waals surface area contributed by atoms with Gasteiger partial charge in [0, 0.05) is 18.3 Å². The third kappa shape index (κ3) is 1.89. The van der Waals surface area contributed by atoms with Gasteiger partial charge in [0.15, 0.2) is 0 Å². The first-order chi connectivity index (χ1) is 6.07. The van der Waals surface area contributed by atoms with E-state index in [-0.39, 0.29) is 0 Å². The highest BCUT2D eigenvalue weighted by Gasteiger charge is 2.16. The first-order valence-electron chi connectivity index (χ1n) is 4.46. The zero-order chi connectivity index (χ0) is 10.0. The van der Waals surface area contributed by atoms with Gasteiger partial charge in [0.05, 0.1) is 11.8 Å². The van der Waals surface area contributed by atoms with E-state index in [1.54, 1.807) is 4.68 Å². The monoisotopic (exact) mass is 183 g/mol. The van der Waals surface area contributed by atoms with Crippen molar-refractivity contribution < 1.29 is 5.11 Å². The number of hydrogen-bond acceptors (Lipinski definition) is 3. The summed E-state index contributed by atoms with van der Waals surface area (Å²) in [5.74, 6) is 0. The molecule has 0 aliphatic carbocycles. The summed E-state index contributed by atoms with van der Waals surface area (Å²) in [6.07, 6.45) is 0.117. The van der Waals surface area contributed by atoms with E-state index in [0.29, 0.717) is 13.0 Å². The molecular weight excluding hydrogens is 166 g/mol. The van der Waals surface area contributed by atoms with E-state index >= 15 is 0 Å². The minimum Gasteiger partial charge on any atom is -0.388 e. The molecule has 1 aromatic heterocycles. The van der Waals surface area contributed by atoms with Crippen LogP contribution >= 0.6 is 0 Å².